The highest BCUT2D eigenvalue weighted by Crippen LogP contribution is 2.18. The number of nitrogens with zero attached hydrogens (tertiary/aromatic N) is 2. The van der Waals surface area contributed by atoms with Crippen LogP contribution in [0.25, 0.3) is 11.6 Å². The normalized spacial score (nSPS) is 11.1. The number of hydrogen-bond acceptors (Lipinski definition) is 2. The van der Waals surface area contributed by atoms with Crippen LogP contribution in [0.2, 0.25) is 0 Å². The van der Waals surface area contributed by atoms with E-state index >= 15 is 0 Å². The molecule has 0 unspecified atom stereocenters. The molecular weight excluding hydrogens is 234 g/mol. The molecule has 1 aromatic carbocycles. The van der Waals surface area contributed by atoms with Crippen molar-refractivity contribution in [2.45, 2.75) is 0 Å². The number of aromatic nitrogens is 1. The minimum atomic E-state index is -0.583. The smallest absolute Gasteiger partial charge is 0.130 e. The molecule has 0 atom stereocenters. The molecular formula is C14H8F2N2. The molecule has 0 saturated heterocycles. The monoisotopic (exact) mass is 242 g/mol. The van der Waals surface area contributed by atoms with Crippen molar-refractivity contribution in [3.05, 3.63) is 65.5 Å². The fourth-order valence-electron chi connectivity index (χ4n) is 1.47. The summed E-state index contributed by atoms with van der Waals surface area (Å²) in [6.45, 7) is 0. The van der Waals surface area contributed by atoms with Crippen molar-refractivity contribution in [2.24, 2.45) is 0 Å². The summed E-state index contributed by atoms with van der Waals surface area (Å²) in [5.74, 6) is -1.14. The lowest BCUT2D eigenvalue weighted by atomic mass is 10.1. The number of hydrogen-bond donors (Lipinski definition) is 0. The van der Waals surface area contributed by atoms with Gasteiger partial charge in [0.25, 0.3) is 0 Å². The highest BCUT2D eigenvalue weighted by atomic mass is 19.1. The third-order valence-electron chi connectivity index (χ3n) is 2.32. The zero-order chi connectivity index (χ0) is 13.0. The van der Waals surface area contributed by atoms with Crippen LogP contribution in [0.3, 0.4) is 0 Å². The average molecular weight is 242 g/mol. The van der Waals surface area contributed by atoms with Crippen LogP contribution < -0.4 is 0 Å². The maximum absolute atomic E-state index is 13.4. The maximum Gasteiger partial charge on any atom is 0.130 e. The molecule has 88 valence electrons. The van der Waals surface area contributed by atoms with E-state index in [1.807, 2.05) is 6.07 Å². The molecule has 0 saturated carbocycles. The Morgan fingerprint density at radius 3 is 2.72 bits per heavy atom. The van der Waals surface area contributed by atoms with Crippen LogP contribution in [0.4, 0.5) is 8.78 Å². The summed E-state index contributed by atoms with van der Waals surface area (Å²) in [6.07, 6.45) is 2.81. The van der Waals surface area contributed by atoms with E-state index in [4.69, 9.17) is 5.26 Å². The van der Waals surface area contributed by atoms with Crippen LogP contribution in [0, 0.1) is 23.0 Å². The summed E-state index contributed by atoms with van der Waals surface area (Å²) < 4.78 is 26.5. The van der Waals surface area contributed by atoms with Gasteiger partial charge in [-0.2, -0.15) is 5.26 Å². The van der Waals surface area contributed by atoms with E-state index in [0.29, 0.717) is 5.69 Å². The largest absolute Gasteiger partial charge is 0.256 e. The fourth-order valence-corrected chi connectivity index (χ4v) is 1.47. The second kappa shape index (κ2) is 5.19. The van der Waals surface area contributed by atoms with Gasteiger partial charge in [-0.1, -0.05) is 6.07 Å². The second-order valence-corrected chi connectivity index (χ2v) is 3.55. The van der Waals surface area contributed by atoms with Gasteiger partial charge in [-0.05, 0) is 36.4 Å². The number of halogens is 2. The molecule has 1 heterocycles. The maximum atomic E-state index is 13.4. The van der Waals surface area contributed by atoms with Gasteiger partial charge in [-0.25, -0.2) is 8.78 Å². The highest BCUT2D eigenvalue weighted by Gasteiger charge is 2.06. The van der Waals surface area contributed by atoms with E-state index in [1.54, 1.807) is 18.2 Å². The Balaban J connectivity index is 2.48. The lowest BCUT2D eigenvalue weighted by Crippen LogP contribution is -1.89. The van der Waals surface area contributed by atoms with Crippen molar-refractivity contribution < 1.29 is 8.78 Å². The lowest BCUT2D eigenvalue weighted by Gasteiger charge is -2.00. The molecule has 0 aliphatic heterocycles. The fraction of sp³-hybridized carbons (Fsp3) is 0. The number of allylic oxidation sites excluding steroid dienone is 1. The Labute approximate surface area is 103 Å². The number of rotatable bonds is 2. The molecule has 1 aromatic heterocycles. The van der Waals surface area contributed by atoms with E-state index in [-0.39, 0.29) is 11.1 Å². The molecule has 18 heavy (non-hydrogen) atoms. The molecule has 2 nitrogen and oxygen atoms in total. The van der Waals surface area contributed by atoms with Crippen molar-refractivity contribution in [1.82, 2.24) is 4.98 Å². The molecule has 2 rings (SSSR count). The van der Waals surface area contributed by atoms with Crippen LogP contribution in [0.1, 0.15) is 11.3 Å². The first-order valence-electron chi connectivity index (χ1n) is 5.19. The van der Waals surface area contributed by atoms with Gasteiger partial charge in [0.2, 0.25) is 0 Å². The second-order valence-electron chi connectivity index (χ2n) is 3.55. The van der Waals surface area contributed by atoms with Gasteiger partial charge in [0.1, 0.15) is 17.7 Å². The van der Waals surface area contributed by atoms with Crippen LogP contribution in [0.5, 0.6) is 0 Å². The highest BCUT2D eigenvalue weighted by molar-refractivity contribution is 5.88. The van der Waals surface area contributed by atoms with Crippen molar-refractivity contribution in [3.8, 4) is 6.07 Å². The zero-order valence-corrected chi connectivity index (χ0v) is 9.27. The van der Waals surface area contributed by atoms with E-state index < -0.39 is 11.6 Å². The summed E-state index contributed by atoms with van der Waals surface area (Å²) in [7, 11) is 0. The number of pyridine rings is 1. The third-order valence-corrected chi connectivity index (χ3v) is 2.32. The summed E-state index contributed by atoms with van der Waals surface area (Å²) in [4.78, 5) is 3.99. The van der Waals surface area contributed by atoms with Crippen molar-refractivity contribution >= 4 is 11.6 Å². The number of benzene rings is 1. The van der Waals surface area contributed by atoms with Crippen molar-refractivity contribution in [1.29, 1.82) is 5.26 Å². The molecule has 0 aliphatic carbocycles. The average Bonchev–Trinajstić information content (AvgIpc) is 2.41. The Morgan fingerprint density at radius 1 is 1.22 bits per heavy atom. The summed E-state index contributed by atoms with van der Waals surface area (Å²) in [6, 6.07) is 10.1. The van der Waals surface area contributed by atoms with E-state index in [9.17, 15) is 8.78 Å². The molecule has 0 fully saturated rings. The number of nitriles is 1. The first-order chi connectivity index (χ1) is 8.70. The molecule has 0 N–H and O–H groups in total. The Bertz CT molecular complexity index is 628. The molecule has 4 heteroatoms. The van der Waals surface area contributed by atoms with Gasteiger partial charge < -0.3 is 0 Å². The van der Waals surface area contributed by atoms with Gasteiger partial charge in [-0.15, -0.1) is 0 Å². The Kier molecular flexibility index (Phi) is 3.44. The minimum absolute atomic E-state index is 0.0252. The minimum Gasteiger partial charge on any atom is -0.256 e. The Morgan fingerprint density at radius 2 is 2.06 bits per heavy atom. The van der Waals surface area contributed by atoms with Gasteiger partial charge in [-0.3, -0.25) is 4.98 Å². The van der Waals surface area contributed by atoms with Gasteiger partial charge in [0.15, 0.2) is 0 Å². The first kappa shape index (κ1) is 11.9. The van der Waals surface area contributed by atoms with Gasteiger partial charge in [0, 0.05) is 11.8 Å². The van der Waals surface area contributed by atoms with Gasteiger partial charge in [0.05, 0.1) is 11.3 Å². The van der Waals surface area contributed by atoms with Crippen LogP contribution in [0.15, 0.2) is 42.6 Å². The molecule has 0 bridgehead atoms. The third kappa shape index (κ3) is 2.58. The van der Waals surface area contributed by atoms with E-state index in [0.717, 1.165) is 18.2 Å². The predicted molar refractivity (Wildman–Crippen MR) is 64.1 cm³/mol. The summed E-state index contributed by atoms with van der Waals surface area (Å²) in [5.41, 5.74) is 0.626. The topological polar surface area (TPSA) is 36.7 Å². The molecule has 0 aliphatic rings. The van der Waals surface area contributed by atoms with Crippen LogP contribution in [-0.2, 0) is 0 Å². The van der Waals surface area contributed by atoms with Crippen LogP contribution >= 0.6 is 0 Å². The standard InChI is InChI=1S/C14H8F2N2/c15-12-4-5-13(16)10(8-12)7-11(9-17)14-3-1-2-6-18-14/h1-8H/b11-7-. The predicted octanol–water partition coefficient (Wildman–Crippen LogP) is 3.42. The summed E-state index contributed by atoms with van der Waals surface area (Å²) >= 11 is 0. The van der Waals surface area contributed by atoms with Crippen molar-refractivity contribution in [2.75, 3.05) is 0 Å². The Hall–Kier alpha value is -2.54. The molecule has 2 aromatic rings. The molecule has 0 amide bonds. The first-order valence-corrected chi connectivity index (χ1v) is 5.19. The molecule has 0 radical (unpaired) electrons. The zero-order valence-electron chi connectivity index (χ0n) is 9.27. The van der Waals surface area contributed by atoms with Crippen molar-refractivity contribution in [3.63, 3.8) is 0 Å². The van der Waals surface area contributed by atoms with Gasteiger partial charge >= 0.3 is 0 Å². The van der Waals surface area contributed by atoms with E-state index in [1.165, 1.54) is 12.3 Å². The SMILES string of the molecule is N#C/C(=C/c1cc(F)ccc1F)c1ccccn1. The quantitative estimate of drug-likeness (QED) is 0.756. The van der Waals surface area contributed by atoms with E-state index in [2.05, 4.69) is 4.98 Å². The van der Waals surface area contributed by atoms with Crippen LogP contribution in [-0.4, -0.2) is 4.98 Å². The summed E-state index contributed by atoms with van der Waals surface area (Å²) in [5, 5.41) is 9.03. The molecule has 0 spiro atoms. The lowest BCUT2D eigenvalue weighted by molar-refractivity contribution is 0.598.